The van der Waals surface area contributed by atoms with E-state index in [0.717, 1.165) is 5.56 Å². The summed E-state index contributed by atoms with van der Waals surface area (Å²) in [7, 11) is 0. The van der Waals surface area contributed by atoms with Crippen LogP contribution in [0.25, 0.3) is 10.9 Å². The van der Waals surface area contributed by atoms with Crippen molar-refractivity contribution in [3.63, 3.8) is 0 Å². The summed E-state index contributed by atoms with van der Waals surface area (Å²) in [5.41, 5.74) is 2.04. The van der Waals surface area contributed by atoms with Gasteiger partial charge < -0.3 is 4.90 Å². The molecule has 0 aliphatic rings. The van der Waals surface area contributed by atoms with E-state index in [1.54, 1.807) is 27.7 Å². The Bertz CT molecular complexity index is 1110. The largest absolute Gasteiger partial charge is 0.329 e. The summed E-state index contributed by atoms with van der Waals surface area (Å²) in [5.74, 6) is 0.541. The minimum absolute atomic E-state index is 0.0551. The van der Waals surface area contributed by atoms with Gasteiger partial charge in [-0.1, -0.05) is 36.7 Å². The number of rotatable bonds is 6. The Labute approximate surface area is 175 Å². The molecule has 0 bridgehead atoms. The molecule has 1 amide bonds. The molecule has 1 aromatic heterocycles. The fourth-order valence-corrected chi connectivity index (χ4v) is 3.95. The highest BCUT2D eigenvalue weighted by Crippen LogP contribution is 2.27. The maximum atomic E-state index is 13.4. The summed E-state index contributed by atoms with van der Waals surface area (Å²) in [6.45, 7) is 8.80. The second-order valence-electron chi connectivity index (χ2n) is 7.01. The average Bonchev–Trinajstić information content (AvgIpc) is 2.71. The van der Waals surface area contributed by atoms with Crippen LogP contribution in [0.15, 0.2) is 47.3 Å². The van der Waals surface area contributed by atoms with Crippen LogP contribution in [0, 0.1) is 6.92 Å². The van der Waals surface area contributed by atoms with Gasteiger partial charge in [-0.2, -0.15) is 0 Å². The van der Waals surface area contributed by atoms with Crippen molar-refractivity contribution in [3.05, 3.63) is 74.8 Å². The van der Waals surface area contributed by atoms with Gasteiger partial charge in [0, 0.05) is 23.7 Å². The van der Waals surface area contributed by atoms with E-state index in [-0.39, 0.29) is 17.5 Å². The zero-order valence-corrected chi connectivity index (χ0v) is 18.0. The number of amides is 1. The molecule has 5 nitrogen and oxygen atoms in total. The fraction of sp³-hybridized carbons (Fsp3) is 0.348. The molecule has 29 heavy (non-hydrogen) atoms. The third-order valence-corrected chi connectivity index (χ3v) is 5.54. The van der Waals surface area contributed by atoms with Crippen LogP contribution in [0.1, 0.15) is 55.0 Å². The summed E-state index contributed by atoms with van der Waals surface area (Å²) >= 11 is 6.13. The van der Waals surface area contributed by atoms with Gasteiger partial charge in [-0.3, -0.25) is 14.2 Å². The van der Waals surface area contributed by atoms with Crippen LogP contribution in [0.2, 0.25) is 5.02 Å². The standard InChI is InChI=1S/C23H26ClN3O2/c1-5-20(26(6-2)22(28)17-11-9-8-10-15(17)4)21-25-19-14-16(24)12-13-18(19)23(29)27(21)7-3/h8-14,20H,5-7H2,1-4H3. The van der Waals surface area contributed by atoms with Gasteiger partial charge in [-0.25, -0.2) is 4.98 Å². The minimum atomic E-state index is -0.317. The Kier molecular flexibility index (Phi) is 6.38. The Balaban J connectivity index is 2.17. The Morgan fingerprint density at radius 3 is 2.52 bits per heavy atom. The number of nitrogens with zero attached hydrogens (tertiary/aromatic N) is 3. The highest BCUT2D eigenvalue weighted by Gasteiger charge is 2.28. The smallest absolute Gasteiger partial charge is 0.261 e. The lowest BCUT2D eigenvalue weighted by molar-refractivity contribution is 0.0669. The maximum Gasteiger partial charge on any atom is 0.261 e. The van der Waals surface area contributed by atoms with Crippen molar-refractivity contribution in [3.8, 4) is 0 Å². The molecule has 0 saturated heterocycles. The summed E-state index contributed by atoms with van der Waals surface area (Å²) in [6.07, 6.45) is 0.643. The molecule has 1 atom stereocenters. The van der Waals surface area contributed by atoms with Crippen molar-refractivity contribution in [1.29, 1.82) is 0 Å². The predicted molar refractivity (Wildman–Crippen MR) is 118 cm³/mol. The van der Waals surface area contributed by atoms with Crippen LogP contribution in [0.4, 0.5) is 0 Å². The highest BCUT2D eigenvalue weighted by molar-refractivity contribution is 6.31. The van der Waals surface area contributed by atoms with Crippen LogP contribution >= 0.6 is 11.6 Å². The molecule has 0 aliphatic carbocycles. The number of halogens is 1. The van der Waals surface area contributed by atoms with Crippen LogP contribution in [0.5, 0.6) is 0 Å². The van der Waals surface area contributed by atoms with Gasteiger partial charge >= 0.3 is 0 Å². The Morgan fingerprint density at radius 1 is 1.17 bits per heavy atom. The SMILES string of the molecule is CCC(c1nc2cc(Cl)ccc2c(=O)n1CC)N(CC)C(=O)c1ccccc1C. The monoisotopic (exact) mass is 411 g/mol. The van der Waals surface area contributed by atoms with E-state index >= 15 is 0 Å². The van der Waals surface area contributed by atoms with Crippen molar-refractivity contribution in [1.82, 2.24) is 14.5 Å². The summed E-state index contributed by atoms with van der Waals surface area (Å²) < 4.78 is 1.66. The van der Waals surface area contributed by atoms with Crippen LogP contribution in [-0.4, -0.2) is 26.9 Å². The van der Waals surface area contributed by atoms with Crippen molar-refractivity contribution in [2.45, 2.75) is 46.7 Å². The molecule has 6 heteroatoms. The van der Waals surface area contributed by atoms with E-state index in [4.69, 9.17) is 16.6 Å². The molecule has 0 fully saturated rings. The fourth-order valence-electron chi connectivity index (χ4n) is 3.79. The molecule has 3 rings (SSSR count). The highest BCUT2D eigenvalue weighted by atomic mass is 35.5. The first-order valence-electron chi connectivity index (χ1n) is 9.99. The quantitative estimate of drug-likeness (QED) is 0.574. The molecule has 152 valence electrons. The maximum absolute atomic E-state index is 13.4. The molecule has 1 unspecified atom stereocenters. The summed E-state index contributed by atoms with van der Waals surface area (Å²) in [4.78, 5) is 33.0. The average molecular weight is 412 g/mol. The predicted octanol–water partition coefficient (Wildman–Crippen LogP) is 4.99. The van der Waals surface area contributed by atoms with Crippen LogP contribution in [-0.2, 0) is 6.54 Å². The van der Waals surface area contributed by atoms with Crippen molar-refractivity contribution < 1.29 is 4.79 Å². The van der Waals surface area contributed by atoms with Gasteiger partial charge in [-0.05, 0) is 57.0 Å². The zero-order valence-electron chi connectivity index (χ0n) is 17.3. The Hall–Kier alpha value is -2.66. The van der Waals surface area contributed by atoms with Gasteiger partial charge in [-0.15, -0.1) is 0 Å². The number of carbonyl (C=O) groups is 1. The molecule has 0 radical (unpaired) electrons. The third-order valence-electron chi connectivity index (χ3n) is 5.30. The second-order valence-corrected chi connectivity index (χ2v) is 7.45. The van der Waals surface area contributed by atoms with Crippen molar-refractivity contribution in [2.24, 2.45) is 0 Å². The lowest BCUT2D eigenvalue weighted by atomic mass is 10.0. The van der Waals surface area contributed by atoms with Crippen LogP contribution in [0.3, 0.4) is 0 Å². The normalized spacial score (nSPS) is 12.2. The number of hydrogen-bond donors (Lipinski definition) is 0. The van der Waals surface area contributed by atoms with Crippen molar-refractivity contribution in [2.75, 3.05) is 6.54 Å². The Morgan fingerprint density at radius 2 is 1.90 bits per heavy atom. The number of benzene rings is 2. The molecular weight excluding hydrogens is 386 g/mol. The topological polar surface area (TPSA) is 55.2 Å². The van der Waals surface area contributed by atoms with E-state index in [9.17, 15) is 9.59 Å². The molecule has 0 aliphatic heterocycles. The molecule has 3 aromatic rings. The lowest BCUT2D eigenvalue weighted by Crippen LogP contribution is -2.39. The van der Waals surface area contributed by atoms with Gasteiger partial charge in [0.25, 0.3) is 11.5 Å². The molecule has 0 N–H and O–H groups in total. The second kappa shape index (κ2) is 8.78. The molecular formula is C23H26ClN3O2. The lowest BCUT2D eigenvalue weighted by Gasteiger charge is -2.31. The van der Waals surface area contributed by atoms with Gasteiger partial charge in [0.15, 0.2) is 0 Å². The number of carbonyl (C=O) groups excluding carboxylic acids is 1. The van der Waals surface area contributed by atoms with E-state index < -0.39 is 0 Å². The summed E-state index contributed by atoms with van der Waals surface area (Å²) in [5, 5.41) is 1.06. The third kappa shape index (κ3) is 3.92. The summed E-state index contributed by atoms with van der Waals surface area (Å²) in [6, 6.07) is 12.4. The number of aromatic nitrogens is 2. The first-order chi connectivity index (χ1) is 13.9. The molecule has 2 aromatic carbocycles. The number of aryl methyl sites for hydroxylation is 1. The van der Waals surface area contributed by atoms with E-state index in [2.05, 4.69) is 0 Å². The molecule has 0 saturated carbocycles. The zero-order chi connectivity index (χ0) is 21.1. The van der Waals surface area contributed by atoms with Gasteiger partial charge in [0.1, 0.15) is 5.82 Å². The van der Waals surface area contributed by atoms with E-state index in [1.807, 2.05) is 52.0 Å². The molecule has 1 heterocycles. The first kappa shape index (κ1) is 21.1. The minimum Gasteiger partial charge on any atom is -0.329 e. The first-order valence-corrected chi connectivity index (χ1v) is 10.4. The number of hydrogen-bond acceptors (Lipinski definition) is 3. The van der Waals surface area contributed by atoms with Gasteiger partial charge in [0.2, 0.25) is 0 Å². The van der Waals surface area contributed by atoms with E-state index in [1.165, 1.54) is 0 Å². The van der Waals surface area contributed by atoms with Crippen LogP contribution < -0.4 is 5.56 Å². The van der Waals surface area contributed by atoms with E-state index in [0.29, 0.717) is 46.8 Å². The number of fused-ring (bicyclic) bond motifs is 1. The van der Waals surface area contributed by atoms with Crippen molar-refractivity contribution >= 4 is 28.4 Å². The van der Waals surface area contributed by atoms with Gasteiger partial charge in [0.05, 0.1) is 16.9 Å². The molecule has 0 spiro atoms.